The van der Waals surface area contributed by atoms with Crippen LogP contribution in [0, 0.1) is 0 Å². The third-order valence-electron chi connectivity index (χ3n) is 1.67. The van der Waals surface area contributed by atoms with Gasteiger partial charge in [-0.1, -0.05) is 0 Å². The quantitative estimate of drug-likeness (QED) is 0.448. The minimum atomic E-state index is -1.01. The van der Waals surface area contributed by atoms with Gasteiger partial charge in [-0.25, -0.2) is 0 Å². The molecule has 80 valence electrons. The Bertz CT molecular complexity index is 121. The molecule has 0 heterocycles. The maximum Gasteiger partial charge on any atom is 0.109 e. The molecule has 0 amide bonds. The summed E-state index contributed by atoms with van der Waals surface area (Å²) in [6.45, 7) is 0.465. The zero-order valence-electron chi connectivity index (χ0n) is 8.18. The van der Waals surface area contributed by atoms with Gasteiger partial charge in [-0.3, -0.25) is 0 Å². The van der Waals surface area contributed by atoms with E-state index in [0.717, 1.165) is 0 Å². The molecule has 0 aliphatic carbocycles. The minimum Gasteiger partial charge on any atom is -0.394 e. The first-order chi connectivity index (χ1) is 6.11. The Labute approximate surface area is 78.5 Å². The van der Waals surface area contributed by atoms with Gasteiger partial charge >= 0.3 is 0 Å². The summed E-state index contributed by atoms with van der Waals surface area (Å²) in [5, 5.41) is 26.5. The first-order valence-corrected chi connectivity index (χ1v) is 4.28. The van der Waals surface area contributed by atoms with Gasteiger partial charge in [-0.05, 0) is 14.1 Å². The molecule has 0 radical (unpaired) electrons. The fourth-order valence-corrected chi connectivity index (χ4v) is 0.790. The highest BCUT2D eigenvalue weighted by atomic mass is 16.5. The Morgan fingerprint density at radius 1 is 1.23 bits per heavy atom. The summed E-state index contributed by atoms with van der Waals surface area (Å²) in [5.41, 5.74) is 0. The SMILES string of the molecule is CN(C)CCOC(CO)C(O)CO. The van der Waals surface area contributed by atoms with Crippen LogP contribution < -0.4 is 0 Å². The lowest BCUT2D eigenvalue weighted by Gasteiger charge is -2.20. The molecule has 0 rings (SSSR count). The van der Waals surface area contributed by atoms with E-state index >= 15 is 0 Å². The molecular formula is C8H19NO4. The summed E-state index contributed by atoms with van der Waals surface area (Å²) in [6, 6.07) is 0. The van der Waals surface area contributed by atoms with Crippen molar-refractivity contribution in [1.82, 2.24) is 4.90 Å². The van der Waals surface area contributed by atoms with Crippen LogP contribution in [-0.4, -0.2) is 72.9 Å². The van der Waals surface area contributed by atoms with Gasteiger partial charge < -0.3 is 25.0 Å². The summed E-state index contributed by atoms with van der Waals surface area (Å²) in [5.74, 6) is 0. The third kappa shape index (κ3) is 5.95. The van der Waals surface area contributed by atoms with Crippen molar-refractivity contribution in [3.63, 3.8) is 0 Å². The largest absolute Gasteiger partial charge is 0.394 e. The molecule has 2 atom stereocenters. The summed E-state index contributed by atoms with van der Waals surface area (Å²) in [7, 11) is 3.81. The number of ether oxygens (including phenoxy) is 1. The van der Waals surface area contributed by atoms with Crippen LogP contribution in [0.5, 0.6) is 0 Å². The second-order valence-corrected chi connectivity index (χ2v) is 3.15. The lowest BCUT2D eigenvalue weighted by Crippen LogP contribution is -2.36. The van der Waals surface area contributed by atoms with Gasteiger partial charge in [-0.2, -0.15) is 0 Å². The van der Waals surface area contributed by atoms with Crippen molar-refractivity contribution in [1.29, 1.82) is 0 Å². The zero-order valence-corrected chi connectivity index (χ0v) is 8.18. The average Bonchev–Trinajstić information content (AvgIpc) is 2.11. The number of nitrogens with zero attached hydrogens (tertiary/aromatic N) is 1. The molecular weight excluding hydrogens is 174 g/mol. The molecule has 0 saturated carbocycles. The molecule has 0 aliphatic rings. The van der Waals surface area contributed by atoms with Crippen molar-refractivity contribution >= 4 is 0 Å². The smallest absolute Gasteiger partial charge is 0.109 e. The topological polar surface area (TPSA) is 73.2 Å². The molecule has 0 spiro atoms. The Hall–Kier alpha value is -0.200. The van der Waals surface area contributed by atoms with Gasteiger partial charge in [0.15, 0.2) is 0 Å². The predicted octanol–water partition coefficient (Wildman–Crippen LogP) is -1.72. The van der Waals surface area contributed by atoms with E-state index in [9.17, 15) is 0 Å². The van der Waals surface area contributed by atoms with E-state index in [0.29, 0.717) is 13.2 Å². The molecule has 2 unspecified atom stereocenters. The van der Waals surface area contributed by atoms with Crippen LogP contribution >= 0.6 is 0 Å². The van der Waals surface area contributed by atoms with Gasteiger partial charge in [0.2, 0.25) is 0 Å². The van der Waals surface area contributed by atoms with Crippen molar-refractivity contribution < 1.29 is 20.1 Å². The zero-order chi connectivity index (χ0) is 10.3. The van der Waals surface area contributed by atoms with Crippen LogP contribution in [-0.2, 0) is 4.74 Å². The number of hydrogen-bond acceptors (Lipinski definition) is 5. The minimum absolute atomic E-state index is 0.283. The summed E-state index contributed by atoms with van der Waals surface area (Å²) < 4.78 is 5.15. The number of hydrogen-bond donors (Lipinski definition) is 3. The molecule has 0 aromatic heterocycles. The average molecular weight is 193 g/mol. The molecule has 3 N–H and O–H groups in total. The van der Waals surface area contributed by atoms with Crippen molar-refractivity contribution in [3.05, 3.63) is 0 Å². The summed E-state index contributed by atoms with van der Waals surface area (Å²) in [4.78, 5) is 1.93. The lowest BCUT2D eigenvalue weighted by molar-refractivity contribution is -0.0814. The van der Waals surface area contributed by atoms with E-state index in [1.807, 2.05) is 19.0 Å². The molecule has 0 bridgehead atoms. The molecule has 5 heteroatoms. The van der Waals surface area contributed by atoms with Crippen molar-refractivity contribution in [2.75, 3.05) is 40.5 Å². The normalized spacial score (nSPS) is 16.2. The Morgan fingerprint density at radius 3 is 2.23 bits per heavy atom. The Kier molecular flexibility index (Phi) is 7.12. The molecule has 0 fully saturated rings. The molecule has 5 nitrogen and oxygen atoms in total. The van der Waals surface area contributed by atoms with Gasteiger partial charge in [0.1, 0.15) is 12.2 Å². The first kappa shape index (κ1) is 12.8. The van der Waals surface area contributed by atoms with Gasteiger partial charge in [0, 0.05) is 6.54 Å². The van der Waals surface area contributed by atoms with E-state index in [1.54, 1.807) is 0 Å². The standard InChI is InChI=1S/C8H19NO4/c1-9(2)3-4-13-8(6-11)7(12)5-10/h7-8,10-12H,3-6H2,1-2H3. The van der Waals surface area contributed by atoms with Crippen molar-refractivity contribution in [2.24, 2.45) is 0 Å². The lowest BCUT2D eigenvalue weighted by atomic mass is 10.2. The monoisotopic (exact) mass is 193 g/mol. The fraction of sp³-hybridized carbons (Fsp3) is 1.00. The third-order valence-corrected chi connectivity index (χ3v) is 1.67. The van der Waals surface area contributed by atoms with Crippen LogP contribution in [0.4, 0.5) is 0 Å². The molecule has 0 aromatic rings. The molecule has 13 heavy (non-hydrogen) atoms. The van der Waals surface area contributed by atoms with E-state index in [2.05, 4.69) is 0 Å². The Balaban J connectivity index is 3.59. The highest BCUT2D eigenvalue weighted by molar-refractivity contribution is 4.66. The van der Waals surface area contributed by atoms with E-state index in [-0.39, 0.29) is 6.61 Å². The van der Waals surface area contributed by atoms with E-state index < -0.39 is 18.8 Å². The molecule has 0 aromatic carbocycles. The van der Waals surface area contributed by atoms with Gasteiger partial charge in [0.25, 0.3) is 0 Å². The second-order valence-electron chi connectivity index (χ2n) is 3.15. The highest BCUT2D eigenvalue weighted by Gasteiger charge is 2.17. The van der Waals surface area contributed by atoms with Crippen molar-refractivity contribution in [2.45, 2.75) is 12.2 Å². The van der Waals surface area contributed by atoms with Gasteiger partial charge in [-0.15, -0.1) is 0 Å². The summed E-state index contributed by atoms with van der Waals surface area (Å²) in [6.07, 6.45) is -1.70. The van der Waals surface area contributed by atoms with Crippen LogP contribution in [0.3, 0.4) is 0 Å². The van der Waals surface area contributed by atoms with E-state index in [1.165, 1.54) is 0 Å². The summed E-state index contributed by atoms with van der Waals surface area (Å²) >= 11 is 0. The van der Waals surface area contributed by atoms with Crippen molar-refractivity contribution in [3.8, 4) is 0 Å². The van der Waals surface area contributed by atoms with Crippen LogP contribution in [0.15, 0.2) is 0 Å². The number of aliphatic hydroxyl groups is 3. The predicted molar refractivity (Wildman–Crippen MR) is 48.5 cm³/mol. The highest BCUT2D eigenvalue weighted by Crippen LogP contribution is 1.98. The maximum atomic E-state index is 9.13. The molecule has 0 saturated heterocycles. The van der Waals surface area contributed by atoms with E-state index in [4.69, 9.17) is 20.1 Å². The number of rotatable bonds is 7. The van der Waals surface area contributed by atoms with Crippen LogP contribution in [0.1, 0.15) is 0 Å². The Morgan fingerprint density at radius 2 is 1.85 bits per heavy atom. The number of aliphatic hydroxyl groups excluding tert-OH is 3. The first-order valence-electron chi connectivity index (χ1n) is 4.28. The van der Waals surface area contributed by atoms with Gasteiger partial charge in [0.05, 0.1) is 19.8 Å². The molecule has 0 aliphatic heterocycles. The fourth-order valence-electron chi connectivity index (χ4n) is 0.790. The van der Waals surface area contributed by atoms with Crippen LogP contribution in [0.2, 0.25) is 0 Å². The second kappa shape index (κ2) is 7.23. The maximum absolute atomic E-state index is 9.13. The number of likely N-dealkylation sites (N-methyl/N-ethyl adjacent to an activating group) is 1. The van der Waals surface area contributed by atoms with Crippen LogP contribution in [0.25, 0.3) is 0 Å².